The molecule has 96 valence electrons. The molecule has 1 unspecified atom stereocenters. The molecule has 1 rings (SSSR count). The number of carbonyl (C=O) groups is 1. The maximum absolute atomic E-state index is 11.9. The molecule has 2 N–H and O–H groups in total. The standard InChI is InChI=1S/C13H15NO3S/c1-18(17)10-8-14-13(16)12-7-3-2-5-11(12)6-4-9-15/h2-3,5,7,15H,8-10H2,1H3,(H,14,16). The average molecular weight is 265 g/mol. The van der Waals surface area contributed by atoms with Crippen LogP contribution in [0.2, 0.25) is 0 Å². The van der Waals surface area contributed by atoms with Gasteiger partial charge < -0.3 is 10.4 Å². The second kappa shape index (κ2) is 7.64. The highest BCUT2D eigenvalue weighted by Crippen LogP contribution is 2.06. The lowest BCUT2D eigenvalue weighted by molar-refractivity contribution is 0.0956. The van der Waals surface area contributed by atoms with E-state index in [1.807, 2.05) is 0 Å². The zero-order chi connectivity index (χ0) is 13.4. The van der Waals surface area contributed by atoms with Gasteiger partial charge in [0.15, 0.2) is 0 Å². The Morgan fingerprint density at radius 3 is 2.83 bits per heavy atom. The van der Waals surface area contributed by atoms with Crippen LogP contribution in [0.25, 0.3) is 0 Å². The van der Waals surface area contributed by atoms with Gasteiger partial charge in [-0.2, -0.15) is 0 Å². The number of nitrogens with one attached hydrogen (secondary N) is 1. The van der Waals surface area contributed by atoms with Crippen LogP contribution in [0.4, 0.5) is 0 Å². The molecule has 0 saturated carbocycles. The van der Waals surface area contributed by atoms with Gasteiger partial charge in [0.2, 0.25) is 0 Å². The Morgan fingerprint density at radius 2 is 2.17 bits per heavy atom. The van der Waals surface area contributed by atoms with Gasteiger partial charge in [-0.1, -0.05) is 24.0 Å². The van der Waals surface area contributed by atoms with Crippen molar-refractivity contribution in [3.8, 4) is 11.8 Å². The number of carbonyl (C=O) groups excluding carboxylic acids is 1. The minimum absolute atomic E-state index is 0.245. The lowest BCUT2D eigenvalue weighted by Crippen LogP contribution is -2.28. The molecule has 0 aliphatic rings. The Kier molecular flexibility index (Phi) is 6.12. The molecular weight excluding hydrogens is 250 g/mol. The molecule has 1 amide bonds. The molecule has 1 aromatic rings. The van der Waals surface area contributed by atoms with Crippen LogP contribution in [-0.2, 0) is 10.8 Å². The molecule has 0 radical (unpaired) electrons. The Hall–Kier alpha value is -1.64. The zero-order valence-corrected chi connectivity index (χ0v) is 10.9. The molecule has 0 bridgehead atoms. The number of amides is 1. The predicted octanol–water partition coefficient (Wildman–Crippen LogP) is 0.139. The largest absolute Gasteiger partial charge is 0.384 e. The molecule has 5 heteroatoms. The SMILES string of the molecule is CS(=O)CCNC(=O)c1ccccc1C#CCO. The van der Waals surface area contributed by atoms with Crippen molar-refractivity contribution in [3.63, 3.8) is 0 Å². The fraction of sp³-hybridized carbons (Fsp3) is 0.308. The molecule has 0 saturated heterocycles. The smallest absolute Gasteiger partial charge is 0.252 e. The van der Waals surface area contributed by atoms with Gasteiger partial charge in [-0.15, -0.1) is 0 Å². The van der Waals surface area contributed by atoms with Gasteiger partial charge in [0.25, 0.3) is 5.91 Å². The normalized spacial score (nSPS) is 11.2. The maximum atomic E-state index is 11.9. The number of rotatable bonds is 4. The second-order valence-electron chi connectivity index (χ2n) is 3.54. The summed E-state index contributed by atoms with van der Waals surface area (Å²) >= 11 is 0. The van der Waals surface area contributed by atoms with Gasteiger partial charge in [0, 0.05) is 34.9 Å². The van der Waals surface area contributed by atoms with Crippen molar-refractivity contribution >= 4 is 16.7 Å². The summed E-state index contributed by atoms with van der Waals surface area (Å²) in [5.74, 6) is 5.41. The molecule has 18 heavy (non-hydrogen) atoms. The van der Waals surface area contributed by atoms with E-state index in [0.29, 0.717) is 23.4 Å². The van der Waals surface area contributed by atoms with Crippen molar-refractivity contribution in [3.05, 3.63) is 35.4 Å². The van der Waals surface area contributed by atoms with E-state index in [1.165, 1.54) is 0 Å². The monoisotopic (exact) mass is 265 g/mol. The van der Waals surface area contributed by atoms with Crippen molar-refractivity contribution in [1.82, 2.24) is 5.32 Å². The van der Waals surface area contributed by atoms with Crippen LogP contribution < -0.4 is 5.32 Å². The molecule has 0 heterocycles. The van der Waals surface area contributed by atoms with E-state index >= 15 is 0 Å². The predicted molar refractivity (Wildman–Crippen MR) is 71.7 cm³/mol. The Balaban J connectivity index is 2.75. The highest BCUT2D eigenvalue weighted by molar-refractivity contribution is 7.84. The van der Waals surface area contributed by atoms with Crippen LogP contribution in [0, 0.1) is 11.8 Å². The summed E-state index contributed by atoms with van der Waals surface area (Å²) in [6.07, 6.45) is 1.59. The molecule has 0 aliphatic carbocycles. The third kappa shape index (κ3) is 4.70. The summed E-state index contributed by atoms with van der Waals surface area (Å²) in [5.41, 5.74) is 1.03. The van der Waals surface area contributed by atoms with E-state index in [4.69, 9.17) is 5.11 Å². The fourth-order valence-corrected chi connectivity index (χ4v) is 1.72. The average Bonchev–Trinajstić information content (AvgIpc) is 2.36. The highest BCUT2D eigenvalue weighted by Gasteiger charge is 2.08. The number of aliphatic hydroxyl groups is 1. The summed E-state index contributed by atoms with van der Waals surface area (Å²) in [4.78, 5) is 11.9. The van der Waals surface area contributed by atoms with Crippen LogP contribution in [0.1, 0.15) is 15.9 Å². The van der Waals surface area contributed by atoms with Gasteiger partial charge in [-0.05, 0) is 12.1 Å². The number of hydrogen-bond acceptors (Lipinski definition) is 3. The topological polar surface area (TPSA) is 66.4 Å². The van der Waals surface area contributed by atoms with Crippen molar-refractivity contribution in [1.29, 1.82) is 0 Å². The fourth-order valence-electron chi connectivity index (χ4n) is 1.33. The summed E-state index contributed by atoms with van der Waals surface area (Å²) < 4.78 is 10.9. The van der Waals surface area contributed by atoms with Gasteiger partial charge >= 0.3 is 0 Å². The molecule has 1 aromatic carbocycles. The third-order valence-electron chi connectivity index (χ3n) is 2.15. The number of hydrogen-bond donors (Lipinski definition) is 2. The van der Waals surface area contributed by atoms with Crippen LogP contribution in [0.3, 0.4) is 0 Å². The van der Waals surface area contributed by atoms with Gasteiger partial charge in [-0.3, -0.25) is 9.00 Å². The minimum atomic E-state index is -0.924. The van der Waals surface area contributed by atoms with E-state index in [0.717, 1.165) is 0 Å². The number of aliphatic hydroxyl groups excluding tert-OH is 1. The van der Waals surface area contributed by atoms with Crippen LogP contribution >= 0.6 is 0 Å². The molecule has 0 spiro atoms. The first-order chi connectivity index (χ1) is 8.65. The first kappa shape index (κ1) is 14.4. The Labute approximate surface area is 109 Å². The molecule has 1 atom stereocenters. The van der Waals surface area contributed by atoms with Crippen LogP contribution in [-0.4, -0.2) is 40.4 Å². The van der Waals surface area contributed by atoms with E-state index in [-0.39, 0.29) is 12.5 Å². The first-order valence-electron chi connectivity index (χ1n) is 5.42. The summed E-state index contributed by atoms with van der Waals surface area (Å²) in [6.45, 7) is 0.120. The van der Waals surface area contributed by atoms with Crippen LogP contribution in [0.15, 0.2) is 24.3 Å². The van der Waals surface area contributed by atoms with Crippen molar-refractivity contribution < 1.29 is 14.1 Å². The van der Waals surface area contributed by atoms with E-state index in [9.17, 15) is 9.00 Å². The lowest BCUT2D eigenvalue weighted by atomic mass is 10.1. The lowest BCUT2D eigenvalue weighted by Gasteiger charge is -2.05. The number of benzene rings is 1. The molecular formula is C13H15NO3S. The quantitative estimate of drug-likeness (QED) is 0.761. The molecule has 0 aromatic heterocycles. The molecule has 0 fully saturated rings. The summed E-state index contributed by atoms with van der Waals surface area (Å²) in [6, 6.07) is 6.91. The third-order valence-corrected chi connectivity index (χ3v) is 2.93. The molecule has 4 nitrogen and oxygen atoms in total. The van der Waals surface area contributed by atoms with E-state index in [1.54, 1.807) is 30.5 Å². The van der Waals surface area contributed by atoms with Crippen molar-refractivity contribution in [2.45, 2.75) is 0 Å². The summed E-state index contributed by atoms with van der Waals surface area (Å²) in [5, 5.41) is 11.3. The first-order valence-corrected chi connectivity index (χ1v) is 7.15. The Morgan fingerprint density at radius 1 is 1.44 bits per heavy atom. The minimum Gasteiger partial charge on any atom is -0.384 e. The van der Waals surface area contributed by atoms with Crippen molar-refractivity contribution in [2.24, 2.45) is 0 Å². The van der Waals surface area contributed by atoms with Crippen molar-refractivity contribution in [2.75, 3.05) is 25.2 Å². The highest BCUT2D eigenvalue weighted by atomic mass is 32.2. The van der Waals surface area contributed by atoms with Gasteiger partial charge in [0.1, 0.15) is 6.61 Å². The van der Waals surface area contributed by atoms with E-state index in [2.05, 4.69) is 17.2 Å². The van der Waals surface area contributed by atoms with E-state index < -0.39 is 10.8 Å². The maximum Gasteiger partial charge on any atom is 0.252 e. The van der Waals surface area contributed by atoms with Gasteiger partial charge in [-0.25, -0.2) is 0 Å². The van der Waals surface area contributed by atoms with Crippen LogP contribution in [0.5, 0.6) is 0 Å². The summed E-state index contributed by atoms with van der Waals surface area (Å²) in [7, 11) is -0.924. The second-order valence-corrected chi connectivity index (χ2v) is 5.09. The zero-order valence-electron chi connectivity index (χ0n) is 10.1. The molecule has 0 aliphatic heterocycles. The van der Waals surface area contributed by atoms with Gasteiger partial charge in [0.05, 0.1) is 5.56 Å². The Bertz CT molecular complexity index is 502.